The molecule has 0 aliphatic carbocycles. The van der Waals surface area contributed by atoms with Crippen molar-refractivity contribution in [3.8, 4) is 5.75 Å². The molecule has 0 radical (unpaired) electrons. The summed E-state index contributed by atoms with van der Waals surface area (Å²) in [7, 11) is 0. The minimum atomic E-state index is -0.0442. The molecule has 0 aromatic heterocycles. The lowest BCUT2D eigenvalue weighted by molar-refractivity contribution is 0.0950. The average molecular weight is 292 g/mol. The Balaban J connectivity index is 2.36. The van der Waals surface area contributed by atoms with Crippen molar-refractivity contribution < 1.29 is 9.53 Å². The van der Waals surface area contributed by atoms with Gasteiger partial charge in [0.15, 0.2) is 0 Å². The highest BCUT2D eigenvalue weighted by Crippen LogP contribution is 2.12. The summed E-state index contributed by atoms with van der Waals surface area (Å²) in [5.74, 6) is 0.779. The second kappa shape index (κ2) is 10.2. The fraction of sp³-hybridized carbons (Fsp3) is 0.588. The lowest BCUT2D eigenvalue weighted by Gasteiger charge is -2.13. The smallest absolute Gasteiger partial charge is 0.251 e. The number of nitrogens with one attached hydrogen (secondary N) is 2. The number of rotatable bonds is 10. The van der Waals surface area contributed by atoms with E-state index in [1.165, 1.54) is 12.8 Å². The number of carbonyl (C=O) groups is 1. The number of unbranched alkanes of at least 4 members (excludes halogenated alkanes) is 2. The first kappa shape index (κ1) is 17.5. The topological polar surface area (TPSA) is 50.4 Å². The monoisotopic (exact) mass is 292 g/mol. The molecule has 118 valence electrons. The molecule has 0 bridgehead atoms. The number of benzene rings is 1. The van der Waals surface area contributed by atoms with Crippen LogP contribution in [0.5, 0.6) is 5.75 Å². The van der Waals surface area contributed by atoms with Crippen LogP contribution in [-0.2, 0) is 0 Å². The molecule has 4 heteroatoms. The molecular formula is C17H28N2O2. The van der Waals surface area contributed by atoms with E-state index in [2.05, 4.69) is 31.4 Å². The maximum atomic E-state index is 12.0. The molecule has 21 heavy (non-hydrogen) atoms. The zero-order valence-electron chi connectivity index (χ0n) is 13.4. The Morgan fingerprint density at radius 3 is 2.52 bits per heavy atom. The Labute approximate surface area is 128 Å². The van der Waals surface area contributed by atoms with Crippen LogP contribution in [0.2, 0.25) is 0 Å². The van der Waals surface area contributed by atoms with E-state index >= 15 is 0 Å². The van der Waals surface area contributed by atoms with E-state index in [1.54, 1.807) is 0 Å². The predicted molar refractivity (Wildman–Crippen MR) is 86.9 cm³/mol. The molecule has 1 rings (SSSR count). The zero-order chi connectivity index (χ0) is 15.5. The molecule has 0 saturated carbocycles. The molecule has 0 spiro atoms. The third kappa shape index (κ3) is 7.14. The molecule has 1 aromatic rings. The van der Waals surface area contributed by atoms with Crippen LogP contribution in [-0.4, -0.2) is 31.6 Å². The quantitative estimate of drug-likeness (QED) is 0.652. The van der Waals surface area contributed by atoms with Crippen LogP contribution < -0.4 is 15.4 Å². The summed E-state index contributed by atoms with van der Waals surface area (Å²) in [6, 6.07) is 7.61. The van der Waals surface area contributed by atoms with Crippen LogP contribution in [0.3, 0.4) is 0 Å². The van der Waals surface area contributed by atoms with Gasteiger partial charge in [-0.15, -0.1) is 0 Å². The van der Waals surface area contributed by atoms with Crippen molar-refractivity contribution in [2.24, 2.45) is 0 Å². The van der Waals surface area contributed by atoms with E-state index in [0.717, 1.165) is 25.3 Å². The molecule has 1 aromatic carbocycles. The second-order valence-corrected chi connectivity index (χ2v) is 5.25. The van der Waals surface area contributed by atoms with E-state index in [-0.39, 0.29) is 11.9 Å². The molecular weight excluding hydrogens is 264 g/mol. The van der Waals surface area contributed by atoms with E-state index in [0.29, 0.717) is 12.1 Å². The van der Waals surface area contributed by atoms with Crippen molar-refractivity contribution >= 4 is 5.91 Å². The summed E-state index contributed by atoms with van der Waals surface area (Å²) >= 11 is 0. The summed E-state index contributed by atoms with van der Waals surface area (Å²) in [5, 5.41) is 6.18. The van der Waals surface area contributed by atoms with Crippen LogP contribution in [0.15, 0.2) is 24.3 Å². The standard InChI is InChI=1S/C17H28N2O2/c1-4-6-7-12-21-16-10-8-15(9-11-16)17(20)19-13-14(3)18-5-2/h8-11,14,18H,4-7,12-13H2,1-3H3,(H,19,20)/t14-/m1/s1. The number of ether oxygens (including phenoxy) is 1. The average Bonchev–Trinajstić information content (AvgIpc) is 2.50. The number of hydrogen-bond donors (Lipinski definition) is 2. The molecule has 0 fully saturated rings. The van der Waals surface area contributed by atoms with Crippen molar-refractivity contribution in [1.82, 2.24) is 10.6 Å². The van der Waals surface area contributed by atoms with E-state index < -0.39 is 0 Å². The van der Waals surface area contributed by atoms with Gasteiger partial charge in [0.2, 0.25) is 0 Å². The van der Waals surface area contributed by atoms with E-state index in [9.17, 15) is 4.79 Å². The van der Waals surface area contributed by atoms with Crippen LogP contribution in [0.1, 0.15) is 50.4 Å². The minimum absolute atomic E-state index is 0.0442. The Morgan fingerprint density at radius 2 is 1.90 bits per heavy atom. The summed E-state index contributed by atoms with van der Waals surface area (Å²) in [6.45, 7) is 8.54. The minimum Gasteiger partial charge on any atom is -0.494 e. The molecule has 1 atom stereocenters. The van der Waals surface area contributed by atoms with Crippen molar-refractivity contribution in [1.29, 1.82) is 0 Å². The van der Waals surface area contributed by atoms with Crippen molar-refractivity contribution in [2.75, 3.05) is 19.7 Å². The van der Waals surface area contributed by atoms with Gasteiger partial charge in [-0.05, 0) is 44.2 Å². The second-order valence-electron chi connectivity index (χ2n) is 5.25. The van der Waals surface area contributed by atoms with Gasteiger partial charge in [0.1, 0.15) is 5.75 Å². The van der Waals surface area contributed by atoms with Gasteiger partial charge in [-0.25, -0.2) is 0 Å². The largest absolute Gasteiger partial charge is 0.494 e. The predicted octanol–water partition coefficient (Wildman–Crippen LogP) is 2.98. The highest BCUT2D eigenvalue weighted by atomic mass is 16.5. The Morgan fingerprint density at radius 1 is 1.19 bits per heavy atom. The Bertz CT molecular complexity index is 404. The summed E-state index contributed by atoms with van der Waals surface area (Å²) < 4.78 is 5.63. The van der Waals surface area contributed by atoms with Gasteiger partial charge in [0, 0.05) is 18.2 Å². The van der Waals surface area contributed by atoms with Crippen LogP contribution >= 0.6 is 0 Å². The molecule has 0 unspecified atom stereocenters. The van der Waals surface area contributed by atoms with Gasteiger partial charge in [0.05, 0.1) is 6.61 Å². The maximum absolute atomic E-state index is 12.0. The van der Waals surface area contributed by atoms with Crippen molar-refractivity contribution in [3.63, 3.8) is 0 Å². The Kier molecular flexibility index (Phi) is 8.51. The number of hydrogen-bond acceptors (Lipinski definition) is 3. The third-order valence-electron chi connectivity index (χ3n) is 3.25. The normalized spacial score (nSPS) is 12.0. The first-order valence-corrected chi connectivity index (χ1v) is 7.91. The molecule has 2 N–H and O–H groups in total. The summed E-state index contributed by atoms with van der Waals surface area (Å²) in [6.07, 6.45) is 3.44. The SMILES string of the molecule is CCCCCOc1ccc(C(=O)NC[C@@H](C)NCC)cc1. The van der Waals surface area contributed by atoms with Gasteiger partial charge in [-0.1, -0.05) is 26.7 Å². The lowest BCUT2D eigenvalue weighted by Crippen LogP contribution is -2.38. The van der Waals surface area contributed by atoms with Crippen LogP contribution in [0.4, 0.5) is 0 Å². The molecule has 4 nitrogen and oxygen atoms in total. The highest BCUT2D eigenvalue weighted by Gasteiger charge is 2.07. The fourth-order valence-electron chi connectivity index (χ4n) is 2.01. The van der Waals surface area contributed by atoms with Crippen LogP contribution in [0.25, 0.3) is 0 Å². The summed E-state index contributed by atoms with van der Waals surface area (Å²) in [5.41, 5.74) is 0.666. The Hall–Kier alpha value is -1.55. The van der Waals surface area contributed by atoms with Crippen LogP contribution in [0, 0.1) is 0 Å². The number of carbonyl (C=O) groups excluding carboxylic acids is 1. The maximum Gasteiger partial charge on any atom is 0.251 e. The fourth-order valence-corrected chi connectivity index (χ4v) is 2.01. The zero-order valence-corrected chi connectivity index (χ0v) is 13.4. The first-order valence-electron chi connectivity index (χ1n) is 7.91. The number of likely N-dealkylation sites (N-methyl/N-ethyl adjacent to an activating group) is 1. The van der Waals surface area contributed by atoms with Crippen molar-refractivity contribution in [2.45, 2.75) is 46.1 Å². The van der Waals surface area contributed by atoms with Gasteiger partial charge in [-0.2, -0.15) is 0 Å². The molecule has 0 aliphatic heterocycles. The third-order valence-corrected chi connectivity index (χ3v) is 3.25. The van der Waals surface area contributed by atoms with Gasteiger partial charge in [0.25, 0.3) is 5.91 Å². The molecule has 0 saturated heterocycles. The van der Waals surface area contributed by atoms with Gasteiger partial charge < -0.3 is 15.4 Å². The molecule has 1 amide bonds. The number of amides is 1. The van der Waals surface area contributed by atoms with Crippen molar-refractivity contribution in [3.05, 3.63) is 29.8 Å². The van der Waals surface area contributed by atoms with Gasteiger partial charge >= 0.3 is 0 Å². The summed E-state index contributed by atoms with van der Waals surface area (Å²) in [4.78, 5) is 12.0. The van der Waals surface area contributed by atoms with Gasteiger partial charge in [-0.3, -0.25) is 4.79 Å². The first-order chi connectivity index (χ1) is 10.2. The molecule has 0 aliphatic rings. The highest BCUT2D eigenvalue weighted by molar-refractivity contribution is 5.94. The van der Waals surface area contributed by atoms with E-state index in [1.807, 2.05) is 24.3 Å². The molecule has 0 heterocycles. The lowest BCUT2D eigenvalue weighted by atomic mass is 10.2. The van der Waals surface area contributed by atoms with E-state index in [4.69, 9.17) is 4.74 Å².